The maximum Gasteiger partial charge on any atom is 0.296 e. The van der Waals surface area contributed by atoms with E-state index in [-0.39, 0.29) is 11.3 Å². The summed E-state index contributed by atoms with van der Waals surface area (Å²) >= 11 is 0. The van der Waals surface area contributed by atoms with E-state index < -0.39 is 20.5 Å². The standard InChI is InChI=1S/C7H7NO6S/c9-7(15(12,13)14)5-2-1-3-6(4-5)8(10)11/h1-4,7,9H,(H,12,13,14)/t7-/m1/s1. The molecule has 0 fully saturated rings. The van der Waals surface area contributed by atoms with Crippen LogP contribution in [0.2, 0.25) is 0 Å². The summed E-state index contributed by atoms with van der Waals surface area (Å²) in [4.78, 5) is 9.60. The summed E-state index contributed by atoms with van der Waals surface area (Å²) in [5, 5.41) is 19.4. The van der Waals surface area contributed by atoms with Gasteiger partial charge >= 0.3 is 0 Å². The number of nitro groups is 1. The van der Waals surface area contributed by atoms with Crippen LogP contribution in [0.5, 0.6) is 0 Å². The van der Waals surface area contributed by atoms with E-state index in [0.29, 0.717) is 0 Å². The lowest BCUT2D eigenvalue weighted by molar-refractivity contribution is -0.384. The van der Waals surface area contributed by atoms with Crippen LogP contribution < -0.4 is 0 Å². The molecule has 0 bridgehead atoms. The average molecular weight is 233 g/mol. The van der Waals surface area contributed by atoms with Gasteiger partial charge in [0.2, 0.25) is 5.44 Å². The SMILES string of the molecule is O=[N+]([O-])c1cccc([C@H](O)S(=O)(=O)O)c1. The number of non-ortho nitro benzene ring substituents is 1. The fourth-order valence-corrected chi connectivity index (χ4v) is 1.45. The third kappa shape index (κ3) is 2.72. The van der Waals surface area contributed by atoms with E-state index in [2.05, 4.69) is 0 Å². The molecule has 1 aromatic carbocycles. The van der Waals surface area contributed by atoms with Crippen molar-refractivity contribution in [2.45, 2.75) is 5.44 Å². The third-order valence-electron chi connectivity index (χ3n) is 1.65. The molecule has 8 heteroatoms. The Balaban J connectivity index is 3.17. The summed E-state index contributed by atoms with van der Waals surface area (Å²) in [7, 11) is -4.67. The largest absolute Gasteiger partial charge is 0.371 e. The fraction of sp³-hybridized carbons (Fsp3) is 0.143. The molecule has 0 unspecified atom stereocenters. The van der Waals surface area contributed by atoms with Gasteiger partial charge in [-0.2, -0.15) is 8.42 Å². The summed E-state index contributed by atoms with van der Waals surface area (Å²) in [6.45, 7) is 0. The zero-order chi connectivity index (χ0) is 11.6. The number of nitrogens with zero attached hydrogens (tertiary/aromatic N) is 1. The molecule has 0 aliphatic heterocycles. The number of aliphatic hydroxyl groups excluding tert-OH is 1. The monoisotopic (exact) mass is 233 g/mol. The van der Waals surface area contributed by atoms with E-state index in [1.807, 2.05) is 0 Å². The summed E-state index contributed by atoms with van der Waals surface area (Å²) in [5.74, 6) is 0. The first-order valence-corrected chi connectivity index (χ1v) is 5.21. The van der Waals surface area contributed by atoms with Crippen LogP contribution in [-0.2, 0) is 10.1 Å². The van der Waals surface area contributed by atoms with Gasteiger partial charge in [-0.1, -0.05) is 12.1 Å². The van der Waals surface area contributed by atoms with Gasteiger partial charge in [-0.25, -0.2) is 0 Å². The van der Waals surface area contributed by atoms with Crippen molar-refractivity contribution < 1.29 is 23.0 Å². The predicted octanol–water partition coefficient (Wildman–Crippen LogP) is 0.474. The highest BCUT2D eigenvalue weighted by atomic mass is 32.2. The summed E-state index contributed by atoms with van der Waals surface area (Å²) in [5.41, 5.74) is -2.79. The Morgan fingerprint density at radius 3 is 2.47 bits per heavy atom. The molecule has 15 heavy (non-hydrogen) atoms. The number of hydrogen-bond donors (Lipinski definition) is 2. The molecule has 1 rings (SSSR count). The molecule has 0 spiro atoms. The molecule has 82 valence electrons. The van der Waals surface area contributed by atoms with Crippen LogP contribution in [0.3, 0.4) is 0 Å². The van der Waals surface area contributed by atoms with Gasteiger partial charge in [0.1, 0.15) is 0 Å². The lowest BCUT2D eigenvalue weighted by atomic mass is 10.2. The number of rotatable bonds is 3. The first-order valence-electron chi connectivity index (χ1n) is 3.71. The Hall–Kier alpha value is -1.51. The number of hydrogen-bond acceptors (Lipinski definition) is 5. The Morgan fingerprint density at radius 1 is 1.40 bits per heavy atom. The minimum absolute atomic E-state index is 0.258. The quantitative estimate of drug-likeness (QED) is 0.445. The minimum Gasteiger partial charge on any atom is -0.371 e. The van der Waals surface area contributed by atoms with Crippen molar-refractivity contribution in [3.05, 3.63) is 39.9 Å². The minimum atomic E-state index is -4.67. The van der Waals surface area contributed by atoms with Crippen molar-refractivity contribution in [3.8, 4) is 0 Å². The van der Waals surface area contributed by atoms with Crippen molar-refractivity contribution >= 4 is 15.8 Å². The van der Waals surface area contributed by atoms with Gasteiger partial charge < -0.3 is 5.11 Å². The molecule has 0 aliphatic rings. The van der Waals surface area contributed by atoms with Gasteiger partial charge in [0.15, 0.2) is 0 Å². The molecule has 1 atom stereocenters. The van der Waals surface area contributed by atoms with Crippen molar-refractivity contribution in [1.29, 1.82) is 0 Å². The normalized spacial score (nSPS) is 13.5. The highest BCUT2D eigenvalue weighted by Gasteiger charge is 2.23. The lowest BCUT2D eigenvalue weighted by Gasteiger charge is -2.06. The van der Waals surface area contributed by atoms with Gasteiger partial charge in [0, 0.05) is 17.7 Å². The van der Waals surface area contributed by atoms with E-state index in [9.17, 15) is 18.5 Å². The summed E-state index contributed by atoms with van der Waals surface area (Å²) in [6, 6.07) is 4.38. The molecule has 0 aliphatic carbocycles. The number of benzene rings is 1. The highest BCUT2D eigenvalue weighted by molar-refractivity contribution is 7.85. The Bertz CT molecular complexity index is 482. The van der Waals surface area contributed by atoms with Gasteiger partial charge in [-0.05, 0) is 0 Å². The summed E-state index contributed by atoms with van der Waals surface area (Å²) < 4.78 is 29.6. The van der Waals surface area contributed by atoms with Crippen LogP contribution >= 0.6 is 0 Å². The second-order valence-corrected chi connectivity index (χ2v) is 4.20. The predicted molar refractivity (Wildman–Crippen MR) is 49.6 cm³/mol. The van der Waals surface area contributed by atoms with Gasteiger partial charge in [-0.15, -0.1) is 0 Å². The molecule has 7 nitrogen and oxygen atoms in total. The number of nitro benzene ring substituents is 1. The first-order chi connectivity index (χ1) is 6.82. The van der Waals surface area contributed by atoms with Crippen molar-refractivity contribution in [2.24, 2.45) is 0 Å². The first kappa shape index (κ1) is 11.6. The Morgan fingerprint density at radius 2 is 2.00 bits per heavy atom. The van der Waals surface area contributed by atoms with E-state index >= 15 is 0 Å². The van der Waals surface area contributed by atoms with E-state index in [0.717, 1.165) is 18.2 Å². The molecule has 0 saturated heterocycles. The maximum absolute atomic E-state index is 10.5. The molecular weight excluding hydrogens is 226 g/mol. The van der Waals surface area contributed by atoms with Crippen molar-refractivity contribution in [3.63, 3.8) is 0 Å². The van der Waals surface area contributed by atoms with Crippen LogP contribution in [0.4, 0.5) is 5.69 Å². The Labute approximate surface area is 84.9 Å². The van der Waals surface area contributed by atoms with Crippen LogP contribution in [-0.4, -0.2) is 23.0 Å². The third-order valence-corrected chi connectivity index (χ3v) is 2.48. The molecular formula is C7H7NO6S. The van der Waals surface area contributed by atoms with E-state index in [4.69, 9.17) is 9.66 Å². The van der Waals surface area contributed by atoms with Gasteiger partial charge in [0.25, 0.3) is 15.8 Å². The summed E-state index contributed by atoms with van der Waals surface area (Å²) in [6.07, 6.45) is 0. The Kier molecular flexibility index (Phi) is 3.03. The number of aliphatic hydroxyl groups is 1. The molecule has 2 N–H and O–H groups in total. The van der Waals surface area contributed by atoms with Crippen molar-refractivity contribution in [1.82, 2.24) is 0 Å². The molecule has 0 saturated carbocycles. The fourth-order valence-electron chi connectivity index (χ4n) is 0.964. The lowest BCUT2D eigenvalue weighted by Crippen LogP contribution is -2.11. The molecule has 1 aromatic rings. The molecule has 0 aromatic heterocycles. The zero-order valence-corrected chi connectivity index (χ0v) is 8.09. The average Bonchev–Trinajstić information content (AvgIpc) is 2.15. The topological polar surface area (TPSA) is 118 Å². The van der Waals surface area contributed by atoms with Crippen molar-refractivity contribution in [2.75, 3.05) is 0 Å². The molecule has 0 heterocycles. The zero-order valence-electron chi connectivity index (χ0n) is 7.27. The van der Waals surface area contributed by atoms with Crippen LogP contribution in [0, 0.1) is 10.1 Å². The molecule has 0 radical (unpaired) electrons. The van der Waals surface area contributed by atoms with Crippen LogP contribution in [0.25, 0.3) is 0 Å². The highest BCUT2D eigenvalue weighted by Crippen LogP contribution is 2.22. The second-order valence-electron chi connectivity index (χ2n) is 2.72. The van der Waals surface area contributed by atoms with Gasteiger partial charge in [0.05, 0.1) is 4.92 Å². The maximum atomic E-state index is 10.5. The smallest absolute Gasteiger partial charge is 0.296 e. The van der Waals surface area contributed by atoms with E-state index in [1.54, 1.807) is 0 Å². The molecule has 0 amide bonds. The van der Waals surface area contributed by atoms with Crippen LogP contribution in [0.15, 0.2) is 24.3 Å². The van der Waals surface area contributed by atoms with Gasteiger partial charge in [-0.3, -0.25) is 14.7 Å². The van der Waals surface area contributed by atoms with Crippen LogP contribution in [0.1, 0.15) is 11.0 Å². The second kappa shape index (κ2) is 3.93. The van der Waals surface area contributed by atoms with E-state index in [1.165, 1.54) is 6.07 Å².